The second-order valence-corrected chi connectivity index (χ2v) is 9.74. The van der Waals surface area contributed by atoms with E-state index in [2.05, 4.69) is 26.1 Å². The minimum Gasteiger partial charge on any atom is -0.493 e. The quantitative estimate of drug-likeness (QED) is 0.463. The third kappa shape index (κ3) is 5.85. The zero-order chi connectivity index (χ0) is 25.7. The lowest BCUT2D eigenvalue weighted by molar-refractivity contribution is -0.127. The molecule has 2 fully saturated rings. The van der Waals surface area contributed by atoms with Crippen LogP contribution in [0.1, 0.15) is 12.5 Å². The zero-order valence-electron chi connectivity index (χ0n) is 19.9. The van der Waals surface area contributed by atoms with E-state index in [0.29, 0.717) is 60.1 Å². The van der Waals surface area contributed by atoms with E-state index < -0.39 is 17.1 Å². The number of thioether (sulfide) groups is 1. The summed E-state index contributed by atoms with van der Waals surface area (Å²) in [6.45, 7) is 4.62. The van der Waals surface area contributed by atoms with Gasteiger partial charge in [0, 0.05) is 17.6 Å². The van der Waals surface area contributed by atoms with Crippen molar-refractivity contribution in [1.29, 1.82) is 0 Å². The van der Waals surface area contributed by atoms with Gasteiger partial charge in [-0.05, 0) is 54.6 Å². The maximum absolute atomic E-state index is 13.0. The molecule has 3 amide bonds. The predicted molar refractivity (Wildman–Crippen MR) is 143 cm³/mol. The average Bonchev–Trinajstić information content (AvgIpc) is 3.13. The lowest BCUT2D eigenvalue weighted by atomic mass is 10.2. The predicted octanol–water partition coefficient (Wildman–Crippen LogP) is 4.37. The number of rotatable bonds is 8. The Morgan fingerprint density at radius 2 is 1.94 bits per heavy atom. The number of nitrogens with zero attached hydrogens (tertiary/aromatic N) is 2. The standard InChI is InChI=1S/C25H26BrN3O6S/c1-3-35-21-14-17(26)16(12-20(21)33-2)13-22-24(31)29(25(32)36-22)15-23(30)27-18-6-4-5-7-19(18)28-8-10-34-11-9-28/h4-7,12-14H,3,8-11,15H2,1-2H3,(H,27,30)/b22-13-. The first-order valence-electron chi connectivity index (χ1n) is 11.4. The molecule has 2 saturated heterocycles. The summed E-state index contributed by atoms with van der Waals surface area (Å²) >= 11 is 4.27. The minimum absolute atomic E-state index is 0.216. The Bertz CT molecular complexity index is 1200. The van der Waals surface area contributed by atoms with Crippen molar-refractivity contribution in [2.45, 2.75) is 6.92 Å². The lowest BCUT2D eigenvalue weighted by Crippen LogP contribution is -2.38. The van der Waals surface area contributed by atoms with Gasteiger partial charge in [-0.3, -0.25) is 19.3 Å². The molecule has 0 unspecified atom stereocenters. The summed E-state index contributed by atoms with van der Waals surface area (Å²) in [5.41, 5.74) is 2.14. The second kappa shape index (κ2) is 11.8. The topological polar surface area (TPSA) is 97.4 Å². The number of carbonyl (C=O) groups is 3. The Morgan fingerprint density at radius 1 is 1.19 bits per heavy atom. The van der Waals surface area contributed by atoms with Crippen LogP contribution in [0.25, 0.3) is 6.08 Å². The molecule has 2 heterocycles. The van der Waals surface area contributed by atoms with Crippen molar-refractivity contribution >= 4 is 62.2 Å². The molecule has 0 bridgehead atoms. The molecule has 0 aromatic heterocycles. The van der Waals surface area contributed by atoms with Crippen LogP contribution in [0, 0.1) is 0 Å². The van der Waals surface area contributed by atoms with Crippen molar-refractivity contribution in [1.82, 2.24) is 4.90 Å². The van der Waals surface area contributed by atoms with Gasteiger partial charge in [0.15, 0.2) is 11.5 Å². The fourth-order valence-electron chi connectivity index (χ4n) is 3.86. The van der Waals surface area contributed by atoms with E-state index in [-0.39, 0.29) is 11.4 Å². The van der Waals surface area contributed by atoms with Gasteiger partial charge < -0.3 is 24.4 Å². The number of hydrogen-bond acceptors (Lipinski definition) is 8. The summed E-state index contributed by atoms with van der Waals surface area (Å²) in [5.74, 6) is 0.0829. The molecule has 9 nitrogen and oxygen atoms in total. The summed E-state index contributed by atoms with van der Waals surface area (Å²) in [6, 6.07) is 10.9. The van der Waals surface area contributed by atoms with Crippen LogP contribution in [0.4, 0.5) is 16.2 Å². The van der Waals surface area contributed by atoms with Crippen molar-refractivity contribution in [3.63, 3.8) is 0 Å². The highest BCUT2D eigenvalue weighted by atomic mass is 79.9. The molecule has 190 valence electrons. The SMILES string of the molecule is CCOc1cc(Br)c(/C=C2\SC(=O)N(CC(=O)Nc3ccccc3N3CCOCC3)C2=O)cc1OC. The number of carbonyl (C=O) groups excluding carboxylic acids is 3. The largest absolute Gasteiger partial charge is 0.493 e. The van der Waals surface area contributed by atoms with Crippen molar-refractivity contribution in [3.8, 4) is 11.5 Å². The van der Waals surface area contributed by atoms with E-state index in [1.807, 2.05) is 25.1 Å². The molecule has 2 aromatic rings. The number of imide groups is 1. The first-order chi connectivity index (χ1) is 17.4. The summed E-state index contributed by atoms with van der Waals surface area (Å²) in [5, 5.41) is 2.35. The van der Waals surface area contributed by atoms with Crippen molar-refractivity contribution in [2.75, 3.05) is 56.8 Å². The number of amides is 3. The molecule has 11 heteroatoms. The number of anilines is 2. The van der Waals surface area contributed by atoms with E-state index in [1.165, 1.54) is 7.11 Å². The van der Waals surface area contributed by atoms with E-state index in [4.69, 9.17) is 14.2 Å². The van der Waals surface area contributed by atoms with Crippen LogP contribution in [0.15, 0.2) is 45.8 Å². The smallest absolute Gasteiger partial charge is 0.294 e. The van der Waals surface area contributed by atoms with Crippen molar-refractivity contribution < 1.29 is 28.6 Å². The number of hydrogen-bond donors (Lipinski definition) is 1. The van der Waals surface area contributed by atoms with Gasteiger partial charge in [-0.15, -0.1) is 0 Å². The number of benzene rings is 2. The molecule has 0 atom stereocenters. The van der Waals surface area contributed by atoms with Gasteiger partial charge in [-0.2, -0.15) is 0 Å². The Balaban J connectivity index is 1.47. The number of halogens is 1. The van der Waals surface area contributed by atoms with Crippen LogP contribution < -0.4 is 19.7 Å². The Morgan fingerprint density at radius 3 is 2.67 bits per heavy atom. The Kier molecular flexibility index (Phi) is 8.55. The lowest BCUT2D eigenvalue weighted by Gasteiger charge is -2.30. The third-order valence-corrected chi connectivity index (χ3v) is 7.17. The maximum Gasteiger partial charge on any atom is 0.294 e. The van der Waals surface area contributed by atoms with Gasteiger partial charge >= 0.3 is 0 Å². The Hall–Kier alpha value is -3.02. The van der Waals surface area contributed by atoms with Gasteiger partial charge in [-0.25, -0.2) is 0 Å². The maximum atomic E-state index is 13.0. The molecular formula is C25H26BrN3O6S. The van der Waals surface area contributed by atoms with Crippen LogP contribution in [0.5, 0.6) is 11.5 Å². The average molecular weight is 576 g/mol. The summed E-state index contributed by atoms with van der Waals surface area (Å²) < 4.78 is 17.0. The molecule has 1 N–H and O–H groups in total. The zero-order valence-corrected chi connectivity index (χ0v) is 22.3. The fraction of sp³-hybridized carbons (Fsp3) is 0.320. The molecule has 0 spiro atoms. The van der Waals surface area contributed by atoms with Gasteiger partial charge in [-0.1, -0.05) is 28.1 Å². The normalized spacial score (nSPS) is 17.0. The van der Waals surface area contributed by atoms with E-state index in [1.54, 1.807) is 24.3 Å². The summed E-state index contributed by atoms with van der Waals surface area (Å²) in [6.07, 6.45) is 1.60. The highest BCUT2D eigenvalue weighted by Crippen LogP contribution is 2.38. The van der Waals surface area contributed by atoms with E-state index in [9.17, 15) is 14.4 Å². The number of morpholine rings is 1. The van der Waals surface area contributed by atoms with Crippen LogP contribution in [0.3, 0.4) is 0 Å². The molecule has 0 aliphatic carbocycles. The Labute approximate surface area is 221 Å². The summed E-state index contributed by atoms with van der Waals surface area (Å²) in [7, 11) is 1.53. The van der Waals surface area contributed by atoms with Gasteiger partial charge in [0.1, 0.15) is 6.54 Å². The molecule has 2 aromatic carbocycles. The minimum atomic E-state index is -0.527. The van der Waals surface area contributed by atoms with Crippen LogP contribution in [-0.2, 0) is 14.3 Å². The first kappa shape index (κ1) is 26.1. The van der Waals surface area contributed by atoms with Crippen LogP contribution in [0.2, 0.25) is 0 Å². The molecule has 36 heavy (non-hydrogen) atoms. The number of nitrogens with one attached hydrogen (secondary N) is 1. The van der Waals surface area contributed by atoms with E-state index >= 15 is 0 Å². The third-order valence-electron chi connectivity index (χ3n) is 5.57. The molecule has 0 radical (unpaired) electrons. The number of ether oxygens (including phenoxy) is 3. The molecule has 4 rings (SSSR count). The molecule has 2 aliphatic heterocycles. The fourth-order valence-corrected chi connectivity index (χ4v) is 5.13. The highest BCUT2D eigenvalue weighted by molar-refractivity contribution is 9.10. The van der Waals surface area contributed by atoms with Crippen LogP contribution in [-0.4, -0.2) is 68.5 Å². The number of para-hydroxylation sites is 2. The number of methoxy groups -OCH3 is 1. The van der Waals surface area contributed by atoms with Crippen molar-refractivity contribution in [2.24, 2.45) is 0 Å². The van der Waals surface area contributed by atoms with Gasteiger partial charge in [0.2, 0.25) is 5.91 Å². The second-order valence-electron chi connectivity index (χ2n) is 7.89. The molecule has 0 saturated carbocycles. The summed E-state index contributed by atoms with van der Waals surface area (Å²) in [4.78, 5) is 41.7. The first-order valence-corrected chi connectivity index (χ1v) is 13.0. The molecular weight excluding hydrogens is 550 g/mol. The van der Waals surface area contributed by atoms with Crippen LogP contribution >= 0.6 is 27.7 Å². The monoisotopic (exact) mass is 575 g/mol. The highest BCUT2D eigenvalue weighted by Gasteiger charge is 2.36. The van der Waals surface area contributed by atoms with Gasteiger partial charge in [0.25, 0.3) is 11.1 Å². The van der Waals surface area contributed by atoms with Gasteiger partial charge in [0.05, 0.1) is 43.2 Å². The van der Waals surface area contributed by atoms with Crippen molar-refractivity contribution in [3.05, 3.63) is 51.3 Å². The molecule has 2 aliphatic rings. The van der Waals surface area contributed by atoms with E-state index in [0.717, 1.165) is 22.3 Å².